The van der Waals surface area contributed by atoms with Gasteiger partial charge in [0, 0.05) is 47.3 Å². The summed E-state index contributed by atoms with van der Waals surface area (Å²) in [7, 11) is 4.09. The van der Waals surface area contributed by atoms with Crippen LogP contribution < -0.4 is 4.74 Å². The summed E-state index contributed by atoms with van der Waals surface area (Å²) in [5.74, 6) is -0.589. The molecule has 0 saturated heterocycles. The Bertz CT molecular complexity index is 1880. The number of hydrogen-bond donors (Lipinski definition) is 2. The molecule has 1 atom stereocenters. The summed E-state index contributed by atoms with van der Waals surface area (Å²) in [5, 5.41) is 21.7. The fraction of sp³-hybridized carbons (Fsp3) is 0.389. The highest BCUT2D eigenvalue weighted by molar-refractivity contribution is 6.35. The van der Waals surface area contributed by atoms with Gasteiger partial charge in [-0.2, -0.15) is 5.10 Å². The van der Waals surface area contributed by atoms with Gasteiger partial charge in [-0.3, -0.25) is 5.10 Å². The number of aryl methyl sites for hydroxylation is 3. The molecule has 0 fully saturated rings. The van der Waals surface area contributed by atoms with Crippen molar-refractivity contribution in [3.63, 3.8) is 0 Å². The molecule has 2 aromatic heterocycles. The molecule has 10 heteroatoms. The minimum absolute atomic E-state index is 0.233. The molecule has 0 aliphatic carbocycles. The number of aromatic carboxylic acids is 1. The van der Waals surface area contributed by atoms with Gasteiger partial charge in [0.1, 0.15) is 23.4 Å². The van der Waals surface area contributed by atoms with Crippen LogP contribution in [-0.4, -0.2) is 64.6 Å². The van der Waals surface area contributed by atoms with Crippen LogP contribution in [0.3, 0.4) is 0 Å². The van der Waals surface area contributed by atoms with E-state index in [0.29, 0.717) is 49.8 Å². The normalized spacial score (nSPS) is 15.3. The highest BCUT2D eigenvalue weighted by atomic mass is 35.5. The van der Waals surface area contributed by atoms with Gasteiger partial charge in [-0.1, -0.05) is 36.7 Å². The maximum atomic E-state index is 13.8. The number of carboxylic acids is 1. The molecule has 5 aromatic rings. The van der Waals surface area contributed by atoms with Crippen molar-refractivity contribution >= 4 is 39.2 Å². The molecule has 8 nitrogen and oxygen atoms in total. The largest absolute Gasteiger partial charge is 0.493 e. The number of fused-ring (bicyclic) bond motifs is 3. The van der Waals surface area contributed by atoms with Gasteiger partial charge < -0.3 is 24.0 Å². The number of nitrogens with one attached hydrogen (secondary N) is 1. The van der Waals surface area contributed by atoms with Crippen molar-refractivity contribution in [2.24, 2.45) is 0 Å². The van der Waals surface area contributed by atoms with Crippen molar-refractivity contribution in [2.75, 3.05) is 33.9 Å². The van der Waals surface area contributed by atoms with Crippen LogP contribution in [0.2, 0.25) is 5.02 Å². The quantitative estimate of drug-likeness (QED) is 0.149. The van der Waals surface area contributed by atoms with Crippen molar-refractivity contribution in [2.45, 2.75) is 58.1 Å². The lowest BCUT2D eigenvalue weighted by molar-refractivity contribution is 0.0369. The molecular weight excluding hydrogens is 607 g/mol. The predicted octanol–water partition coefficient (Wildman–Crippen LogP) is 8.05. The summed E-state index contributed by atoms with van der Waals surface area (Å²) >= 11 is 7.06. The van der Waals surface area contributed by atoms with Crippen LogP contribution in [0.5, 0.6) is 5.75 Å². The molecule has 0 bridgehead atoms. The van der Waals surface area contributed by atoms with E-state index in [1.54, 1.807) is 6.07 Å². The van der Waals surface area contributed by atoms with Crippen LogP contribution in [0.25, 0.3) is 32.8 Å². The molecule has 0 amide bonds. The van der Waals surface area contributed by atoms with Crippen LogP contribution in [0, 0.1) is 5.82 Å². The summed E-state index contributed by atoms with van der Waals surface area (Å²) in [6.45, 7) is 4.35. The second-order valence-corrected chi connectivity index (χ2v) is 12.6. The Morgan fingerprint density at radius 1 is 1.17 bits per heavy atom. The maximum Gasteiger partial charge on any atom is 0.352 e. The third-order valence-corrected chi connectivity index (χ3v) is 9.14. The average Bonchev–Trinajstić information content (AvgIpc) is 3.58. The molecule has 6 rings (SSSR count). The Hall–Kier alpha value is -3.92. The molecule has 2 N–H and O–H groups in total. The predicted molar refractivity (Wildman–Crippen MR) is 180 cm³/mol. The Labute approximate surface area is 273 Å². The van der Waals surface area contributed by atoms with E-state index in [2.05, 4.69) is 16.9 Å². The zero-order chi connectivity index (χ0) is 32.4. The van der Waals surface area contributed by atoms with Crippen molar-refractivity contribution in [3.8, 4) is 16.9 Å². The summed E-state index contributed by atoms with van der Waals surface area (Å²) in [5.41, 5.74) is 5.33. The first-order valence-electron chi connectivity index (χ1n) is 16.0. The third-order valence-electron chi connectivity index (χ3n) is 8.82. The number of aromatic amines is 1. The molecule has 0 saturated carbocycles. The Kier molecular flexibility index (Phi) is 9.63. The highest BCUT2D eigenvalue weighted by Gasteiger charge is 2.31. The molecule has 242 valence electrons. The summed E-state index contributed by atoms with van der Waals surface area (Å²) in [6.07, 6.45) is 3.86. The molecule has 0 radical (unpaired) electrons. The minimum Gasteiger partial charge on any atom is -0.493 e. The smallest absolute Gasteiger partial charge is 0.352 e. The molecule has 3 aromatic carbocycles. The standard InChI is InChI=1S/C36H40ClFN4O4/c1-4-28-32-31-27(37)15-14-26-25(10-8-20-45-29-11-7-9-22-21-23(38)12-13-24(22)29)35(36(43)44)42(34(26)31)17-5-6-19-46-30(16-18-41(2)3)33(32)40-39-28/h7,9,11-15,21,30H,4-6,8,10,16-20H2,1-3H3,(H,39,40)(H,43,44). The Morgan fingerprint density at radius 2 is 2.00 bits per heavy atom. The van der Waals surface area contributed by atoms with Crippen molar-refractivity contribution in [1.82, 2.24) is 19.7 Å². The number of carbonyl (C=O) groups is 1. The van der Waals surface area contributed by atoms with Crippen LogP contribution in [0.4, 0.5) is 4.39 Å². The third kappa shape index (κ3) is 6.24. The minimum atomic E-state index is -0.969. The van der Waals surface area contributed by atoms with Crippen LogP contribution >= 0.6 is 11.6 Å². The van der Waals surface area contributed by atoms with Gasteiger partial charge in [-0.15, -0.1) is 0 Å². The van der Waals surface area contributed by atoms with Crippen molar-refractivity contribution in [3.05, 3.63) is 82.0 Å². The van der Waals surface area contributed by atoms with Gasteiger partial charge in [-0.25, -0.2) is 9.18 Å². The number of rotatable bonds is 10. The molecule has 3 heterocycles. The number of carboxylic acid groups (broad SMARTS) is 1. The zero-order valence-electron chi connectivity index (χ0n) is 26.5. The van der Waals surface area contributed by atoms with Crippen LogP contribution in [0.15, 0.2) is 48.5 Å². The van der Waals surface area contributed by atoms with Gasteiger partial charge in [0.25, 0.3) is 0 Å². The molecule has 0 spiro atoms. The topological polar surface area (TPSA) is 92.6 Å². The van der Waals surface area contributed by atoms with Crippen molar-refractivity contribution < 1.29 is 23.8 Å². The first-order valence-corrected chi connectivity index (χ1v) is 16.4. The van der Waals surface area contributed by atoms with Gasteiger partial charge >= 0.3 is 5.97 Å². The summed E-state index contributed by atoms with van der Waals surface area (Å²) in [6, 6.07) is 14.0. The Morgan fingerprint density at radius 3 is 2.78 bits per heavy atom. The summed E-state index contributed by atoms with van der Waals surface area (Å²) in [4.78, 5) is 15.1. The first kappa shape index (κ1) is 32.0. The second-order valence-electron chi connectivity index (χ2n) is 12.2. The zero-order valence-corrected chi connectivity index (χ0v) is 27.3. The van der Waals surface area contributed by atoms with E-state index in [1.807, 2.05) is 49.0 Å². The van der Waals surface area contributed by atoms with Gasteiger partial charge in [0.2, 0.25) is 0 Å². The lowest BCUT2D eigenvalue weighted by atomic mass is 9.95. The monoisotopic (exact) mass is 646 g/mol. The van der Waals surface area contributed by atoms with E-state index >= 15 is 0 Å². The molecule has 1 aliphatic heterocycles. The molecule has 46 heavy (non-hydrogen) atoms. The Balaban J connectivity index is 1.42. The van der Waals surface area contributed by atoms with E-state index in [9.17, 15) is 14.3 Å². The van der Waals surface area contributed by atoms with E-state index in [4.69, 9.17) is 26.2 Å². The number of hydrogen-bond acceptors (Lipinski definition) is 5. The number of nitrogens with zero attached hydrogens (tertiary/aromatic N) is 3. The van der Waals surface area contributed by atoms with Gasteiger partial charge in [0.15, 0.2) is 0 Å². The molecular formula is C36H40ClFN4O4. The van der Waals surface area contributed by atoms with Crippen molar-refractivity contribution in [1.29, 1.82) is 0 Å². The number of halogens is 2. The van der Waals surface area contributed by atoms with Crippen LogP contribution in [0.1, 0.15) is 66.2 Å². The fourth-order valence-corrected chi connectivity index (χ4v) is 6.91. The SMILES string of the molecule is CCc1[nH]nc2c1-c1c(Cl)ccc3c(CCCOc4cccc5cc(F)ccc45)c(C(=O)O)n(c13)CCCCOC2CCN(C)C. The van der Waals surface area contributed by atoms with E-state index < -0.39 is 5.97 Å². The average molecular weight is 647 g/mol. The summed E-state index contributed by atoms with van der Waals surface area (Å²) < 4.78 is 28.3. The fourth-order valence-electron chi connectivity index (χ4n) is 6.67. The van der Waals surface area contributed by atoms with Crippen LogP contribution in [-0.2, 0) is 24.1 Å². The number of benzene rings is 3. The lowest BCUT2D eigenvalue weighted by Gasteiger charge is -2.20. The molecule has 1 unspecified atom stereocenters. The highest BCUT2D eigenvalue weighted by Crippen LogP contribution is 2.44. The first-order chi connectivity index (χ1) is 22.3. The lowest BCUT2D eigenvalue weighted by Crippen LogP contribution is -2.18. The van der Waals surface area contributed by atoms with E-state index in [1.165, 1.54) is 12.1 Å². The maximum absolute atomic E-state index is 13.8. The van der Waals surface area contributed by atoms with E-state index in [0.717, 1.165) is 75.6 Å². The second kappa shape index (κ2) is 13.8. The number of H-pyrrole nitrogens is 1. The number of ether oxygens (including phenoxy) is 2. The van der Waals surface area contributed by atoms with E-state index in [-0.39, 0.29) is 17.6 Å². The van der Waals surface area contributed by atoms with Gasteiger partial charge in [0.05, 0.1) is 22.8 Å². The number of aromatic nitrogens is 3. The van der Waals surface area contributed by atoms with Gasteiger partial charge in [-0.05, 0) is 93.9 Å². The molecule has 1 aliphatic rings.